The van der Waals surface area contributed by atoms with Gasteiger partial charge in [-0.2, -0.15) is 15.3 Å². The molecule has 10 heteroatoms. The Balaban J connectivity index is 1.37. The summed E-state index contributed by atoms with van der Waals surface area (Å²) < 4.78 is 8.98. The topological polar surface area (TPSA) is 114 Å². The van der Waals surface area contributed by atoms with Gasteiger partial charge in [-0.3, -0.25) is 18.9 Å². The number of aromatic nitrogens is 5. The zero-order chi connectivity index (χ0) is 21.9. The molecule has 5 rings (SSSR count). The number of hydrogen-bond acceptors (Lipinski definition) is 8. The van der Waals surface area contributed by atoms with Gasteiger partial charge in [0.05, 0.1) is 31.6 Å². The number of pyridine rings is 1. The first-order valence-corrected chi connectivity index (χ1v) is 11.1. The van der Waals surface area contributed by atoms with Gasteiger partial charge in [-0.15, -0.1) is 0 Å². The molecule has 3 aromatic rings. The van der Waals surface area contributed by atoms with Crippen LogP contribution in [0.25, 0.3) is 11.0 Å². The summed E-state index contributed by atoms with van der Waals surface area (Å²) >= 11 is 0. The molecule has 32 heavy (non-hydrogen) atoms. The van der Waals surface area contributed by atoms with E-state index in [0.29, 0.717) is 17.0 Å². The molecule has 0 aromatic carbocycles. The summed E-state index contributed by atoms with van der Waals surface area (Å²) in [6.07, 6.45) is 9.34. The van der Waals surface area contributed by atoms with E-state index in [1.54, 1.807) is 23.0 Å². The van der Waals surface area contributed by atoms with E-state index >= 15 is 0 Å². The summed E-state index contributed by atoms with van der Waals surface area (Å²) in [6.45, 7) is 5.19. The van der Waals surface area contributed by atoms with Crippen LogP contribution in [0, 0.1) is 11.3 Å². The largest absolute Gasteiger partial charge is 0.379 e. The molecule has 1 saturated heterocycles. The van der Waals surface area contributed by atoms with E-state index in [0.717, 1.165) is 70.8 Å². The molecule has 1 aliphatic heterocycles. The van der Waals surface area contributed by atoms with E-state index in [1.165, 1.54) is 0 Å². The van der Waals surface area contributed by atoms with E-state index in [2.05, 4.69) is 25.3 Å². The van der Waals surface area contributed by atoms with E-state index in [4.69, 9.17) is 4.74 Å². The van der Waals surface area contributed by atoms with Crippen molar-refractivity contribution in [1.82, 2.24) is 29.2 Å². The second kappa shape index (κ2) is 9.06. The smallest absolute Gasteiger partial charge is 0.270 e. The average molecular weight is 435 g/mol. The summed E-state index contributed by atoms with van der Waals surface area (Å²) in [5.74, 6) is 0.404. The minimum atomic E-state index is -0.271. The lowest BCUT2D eigenvalue weighted by molar-refractivity contribution is 0.0360. The fourth-order valence-electron chi connectivity index (χ4n) is 4.51. The van der Waals surface area contributed by atoms with Crippen molar-refractivity contribution < 1.29 is 4.74 Å². The maximum Gasteiger partial charge on any atom is 0.270 e. The number of rotatable bonds is 6. The van der Waals surface area contributed by atoms with E-state index in [-0.39, 0.29) is 17.2 Å². The molecule has 0 atom stereocenters. The highest BCUT2D eigenvalue weighted by Gasteiger charge is 2.22. The van der Waals surface area contributed by atoms with Crippen molar-refractivity contribution in [2.75, 3.05) is 38.2 Å². The number of nitrogens with zero attached hydrogens (tertiary/aromatic N) is 7. The maximum atomic E-state index is 12.9. The van der Waals surface area contributed by atoms with Crippen LogP contribution in [-0.4, -0.2) is 62.1 Å². The molecule has 0 unspecified atom stereocenters. The summed E-state index contributed by atoms with van der Waals surface area (Å²) in [6, 6.07) is 3.67. The van der Waals surface area contributed by atoms with Crippen LogP contribution in [0.3, 0.4) is 0 Å². The third kappa shape index (κ3) is 4.22. The Bertz CT molecular complexity index is 1200. The van der Waals surface area contributed by atoms with Crippen molar-refractivity contribution in [2.24, 2.45) is 0 Å². The third-order valence-electron chi connectivity index (χ3n) is 6.22. The van der Waals surface area contributed by atoms with E-state index in [1.807, 2.05) is 16.9 Å². The lowest BCUT2D eigenvalue weighted by atomic mass is 10.2. The quantitative estimate of drug-likeness (QED) is 0.627. The lowest BCUT2D eigenvalue weighted by Crippen LogP contribution is -2.38. The van der Waals surface area contributed by atoms with Gasteiger partial charge < -0.3 is 10.1 Å². The normalized spacial score (nSPS) is 17.6. The first-order chi connectivity index (χ1) is 15.7. The number of ether oxygens (including phenoxy) is 1. The Morgan fingerprint density at radius 2 is 2.00 bits per heavy atom. The van der Waals surface area contributed by atoms with Gasteiger partial charge in [0.25, 0.3) is 5.56 Å². The molecule has 4 heterocycles. The number of nitrogens with one attached hydrogen (secondary N) is 1. The Morgan fingerprint density at radius 1 is 1.19 bits per heavy atom. The number of fused-ring (bicyclic) bond motifs is 1. The van der Waals surface area contributed by atoms with Crippen LogP contribution in [0.4, 0.5) is 11.6 Å². The van der Waals surface area contributed by atoms with Crippen LogP contribution in [0.5, 0.6) is 0 Å². The molecule has 0 spiro atoms. The molecule has 10 nitrogen and oxygen atoms in total. The van der Waals surface area contributed by atoms with Crippen LogP contribution in [0.2, 0.25) is 0 Å². The summed E-state index contributed by atoms with van der Waals surface area (Å²) in [5, 5.41) is 17.7. The van der Waals surface area contributed by atoms with E-state index < -0.39 is 0 Å². The second-order valence-electron chi connectivity index (χ2n) is 8.33. The molecule has 2 fully saturated rings. The average Bonchev–Trinajstić information content (AvgIpc) is 3.50. The highest BCUT2D eigenvalue weighted by Crippen LogP contribution is 2.30. The van der Waals surface area contributed by atoms with Crippen LogP contribution < -0.4 is 10.9 Å². The summed E-state index contributed by atoms with van der Waals surface area (Å²) in [7, 11) is 0. The molecule has 0 amide bonds. The molecular weight excluding hydrogens is 408 g/mol. The Morgan fingerprint density at radius 3 is 2.78 bits per heavy atom. The number of hydrogen-bond donors (Lipinski definition) is 1. The second-order valence-corrected chi connectivity index (χ2v) is 8.33. The maximum absolute atomic E-state index is 12.9. The Hall–Kier alpha value is -3.29. The highest BCUT2D eigenvalue weighted by molar-refractivity contribution is 5.77. The van der Waals surface area contributed by atoms with Crippen molar-refractivity contribution in [3.63, 3.8) is 0 Å². The molecule has 166 valence electrons. The molecular formula is C22H26N8O2. The van der Waals surface area contributed by atoms with Gasteiger partial charge in [-0.25, -0.2) is 4.98 Å². The number of anilines is 2. The van der Waals surface area contributed by atoms with Crippen molar-refractivity contribution in [3.8, 4) is 6.07 Å². The predicted octanol–water partition coefficient (Wildman–Crippen LogP) is 2.05. The highest BCUT2D eigenvalue weighted by atomic mass is 16.5. The van der Waals surface area contributed by atoms with Gasteiger partial charge >= 0.3 is 0 Å². The zero-order valence-corrected chi connectivity index (χ0v) is 17.9. The minimum Gasteiger partial charge on any atom is -0.379 e. The molecule has 2 aliphatic rings. The van der Waals surface area contributed by atoms with Crippen molar-refractivity contribution in [1.29, 1.82) is 5.26 Å². The molecule has 0 radical (unpaired) electrons. The van der Waals surface area contributed by atoms with Gasteiger partial charge in [-0.1, -0.05) is 12.8 Å². The molecule has 0 bridgehead atoms. The SMILES string of the molecule is N#Cc1cc2cnc(Nc3cnn(CCN4CCOCC4)c3)nc2n(C2CCCC2)c1=O. The first kappa shape index (κ1) is 20.6. The van der Waals surface area contributed by atoms with Gasteiger partial charge in [0.1, 0.15) is 17.3 Å². The van der Waals surface area contributed by atoms with Gasteiger partial charge in [-0.05, 0) is 18.9 Å². The molecule has 1 N–H and O–H groups in total. The van der Waals surface area contributed by atoms with Gasteiger partial charge in [0.15, 0.2) is 0 Å². The number of nitriles is 1. The minimum absolute atomic E-state index is 0.0731. The van der Waals surface area contributed by atoms with Crippen molar-refractivity contribution in [2.45, 2.75) is 38.3 Å². The van der Waals surface area contributed by atoms with Crippen molar-refractivity contribution >= 4 is 22.7 Å². The van der Waals surface area contributed by atoms with Crippen molar-refractivity contribution in [3.05, 3.63) is 40.6 Å². The third-order valence-corrected chi connectivity index (χ3v) is 6.22. The van der Waals surface area contributed by atoms with Crippen LogP contribution >= 0.6 is 0 Å². The van der Waals surface area contributed by atoms with E-state index in [9.17, 15) is 10.1 Å². The predicted molar refractivity (Wildman–Crippen MR) is 119 cm³/mol. The Kier molecular flexibility index (Phi) is 5.83. The molecule has 3 aromatic heterocycles. The monoisotopic (exact) mass is 434 g/mol. The fraction of sp³-hybridized carbons (Fsp3) is 0.500. The summed E-state index contributed by atoms with van der Waals surface area (Å²) in [5.41, 5.74) is 1.22. The zero-order valence-electron chi connectivity index (χ0n) is 17.9. The van der Waals surface area contributed by atoms with Crippen LogP contribution in [0.1, 0.15) is 37.3 Å². The fourth-order valence-corrected chi connectivity index (χ4v) is 4.51. The standard InChI is InChI=1S/C22H26N8O2/c23-12-16-11-17-13-24-22(27-20(17)30(21(16)31)19-3-1-2-4-19)26-18-14-25-29(15-18)6-5-28-7-9-32-10-8-28/h11,13-15,19H,1-10H2,(H,24,26,27). The van der Waals surface area contributed by atoms with Crippen LogP contribution in [0.15, 0.2) is 29.5 Å². The van der Waals surface area contributed by atoms with Gasteiger partial charge in [0, 0.05) is 43.5 Å². The van der Waals surface area contributed by atoms with Crippen LogP contribution in [-0.2, 0) is 11.3 Å². The number of morpholine rings is 1. The molecule has 1 saturated carbocycles. The lowest BCUT2D eigenvalue weighted by Gasteiger charge is -2.26. The van der Waals surface area contributed by atoms with Gasteiger partial charge in [0.2, 0.25) is 5.95 Å². The molecule has 1 aliphatic carbocycles. The first-order valence-electron chi connectivity index (χ1n) is 11.1. The summed E-state index contributed by atoms with van der Waals surface area (Å²) in [4.78, 5) is 24.3. The Labute approximate surface area is 185 Å².